The van der Waals surface area contributed by atoms with E-state index in [1.165, 1.54) is 4.57 Å². The van der Waals surface area contributed by atoms with E-state index in [0.29, 0.717) is 5.82 Å². The molecule has 22 heavy (non-hydrogen) atoms. The minimum absolute atomic E-state index is 0.0316. The number of carbonyl (C=O) groups excluding carboxylic acids is 2. The highest BCUT2D eigenvalue weighted by molar-refractivity contribution is 5.77. The van der Waals surface area contributed by atoms with E-state index in [1.807, 2.05) is 0 Å². The summed E-state index contributed by atoms with van der Waals surface area (Å²) in [7, 11) is 0. The number of esters is 2. The molecule has 0 bridgehead atoms. The number of hydrogen-bond acceptors (Lipinski definition) is 7. The summed E-state index contributed by atoms with van der Waals surface area (Å²) in [6, 6.07) is 0. The van der Waals surface area contributed by atoms with Gasteiger partial charge in [0.2, 0.25) is 0 Å². The fourth-order valence-electron chi connectivity index (χ4n) is 1.73. The Bertz CT molecular complexity index is 552. The van der Waals surface area contributed by atoms with Gasteiger partial charge in [0.05, 0.1) is 18.9 Å². The van der Waals surface area contributed by atoms with Gasteiger partial charge < -0.3 is 19.6 Å². The van der Waals surface area contributed by atoms with Gasteiger partial charge in [0.15, 0.2) is 5.82 Å². The van der Waals surface area contributed by atoms with Gasteiger partial charge in [-0.15, -0.1) is 0 Å². The molecule has 0 fully saturated rings. The van der Waals surface area contributed by atoms with Gasteiger partial charge in [-0.25, -0.2) is 9.55 Å². The summed E-state index contributed by atoms with van der Waals surface area (Å²) >= 11 is 0. The zero-order valence-corrected chi connectivity index (χ0v) is 12.8. The smallest absolute Gasteiger partial charge is 0.342 e. The highest BCUT2D eigenvalue weighted by atomic mass is 16.6. The summed E-state index contributed by atoms with van der Waals surface area (Å²) in [4.78, 5) is 36.8. The number of nitrogens with zero attached hydrogens (tertiary/aromatic N) is 3. The normalized spacial score (nSPS) is 10.5. The molecule has 0 aliphatic rings. The van der Waals surface area contributed by atoms with Crippen molar-refractivity contribution in [3.8, 4) is 0 Å². The number of ether oxygens (including phenoxy) is 2. The standard InChI is InChI=1S/C13H19N3O6/c1-9(2)22-13(18)5-4-12(17)21-7-6-15-10(3)14-8-11(15)16(19)20/h8-9H,4-7H2,1-3H3. The van der Waals surface area contributed by atoms with Crippen molar-refractivity contribution < 1.29 is 24.0 Å². The Hall–Kier alpha value is -2.45. The van der Waals surface area contributed by atoms with Crippen molar-refractivity contribution in [1.82, 2.24) is 9.55 Å². The molecule has 9 nitrogen and oxygen atoms in total. The van der Waals surface area contributed by atoms with E-state index >= 15 is 0 Å². The summed E-state index contributed by atoms with van der Waals surface area (Å²) in [6.07, 6.45) is 0.782. The molecule has 0 N–H and O–H groups in total. The molecule has 9 heteroatoms. The van der Waals surface area contributed by atoms with E-state index < -0.39 is 16.9 Å². The molecule has 0 atom stereocenters. The van der Waals surface area contributed by atoms with Crippen molar-refractivity contribution in [3.63, 3.8) is 0 Å². The molecule has 0 saturated carbocycles. The molecule has 0 aliphatic heterocycles. The van der Waals surface area contributed by atoms with Crippen LogP contribution < -0.4 is 0 Å². The molecule has 0 aliphatic carbocycles. The Kier molecular flexibility index (Phi) is 6.48. The monoisotopic (exact) mass is 313 g/mol. The molecule has 1 aromatic heterocycles. The minimum atomic E-state index is -0.555. The van der Waals surface area contributed by atoms with Crippen molar-refractivity contribution >= 4 is 17.8 Å². The highest BCUT2D eigenvalue weighted by Crippen LogP contribution is 2.13. The molecular formula is C13H19N3O6. The lowest BCUT2D eigenvalue weighted by atomic mass is 10.3. The third-order valence-corrected chi connectivity index (χ3v) is 2.70. The fraction of sp³-hybridized carbons (Fsp3) is 0.615. The Morgan fingerprint density at radius 3 is 2.59 bits per heavy atom. The molecule has 0 aromatic carbocycles. The average molecular weight is 313 g/mol. The van der Waals surface area contributed by atoms with Crippen molar-refractivity contribution in [3.05, 3.63) is 22.1 Å². The average Bonchev–Trinajstić information content (AvgIpc) is 2.77. The molecular weight excluding hydrogens is 294 g/mol. The van der Waals surface area contributed by atoms with Crippen LogP contribution in [-0.2, 0) is 25.6 Å². The quantitative estimate of drug-likeness (QED) is 0.404. The lowest BCUT2D eigenvalue weighted by Gasteiger charge is -2.08. The van der Waals surface area contributed by atoms with E-state index in [-0.39, 0.29) is 37.9 Å². The molecule has 1 heterocycles. The van der Waals surface area contributed by atoms with Gasteiger partial charge >= 0.3 is 17.8 Å². The molecule has 0 amide bonds. The fourth-order valence-corrected chi connectivity index (χ4v) is 1.73. The van der Waals surface area contributed by atoms with Crippen LogP contribution in [-0.4, -0.2) is 39.1 Å². The summed E-state index contributed by atoms with van der Waals surface area (Å²) < 4.78 is 11.2. The zero-order chi connectivity index (χ0) is 16.7. The molecule has 122 valence electrons. The van der Waals surface area contributed by atoms with Crippen LogP contribution in [0.1, 0.15) is 32.5 Å². The largest absolute Gasteiger partial charge is 0.463 e. The van der Waals surface area contributed by atoms with Gasteiger partial charge in [-0.3, -0.25) is 9.59 Å². The van der Waals surface area contributed by atoms with Crippen LogP contribution in [0.3, 0.4) is 0 Å². The van der Waals surface area contributed by atoms with E-state index in [4.69, 9.17) is 9.47 Å². The third-order valence-electron chi connectivity index (χ3n) is 2.70. The third kappa shape index (κ3) is 5.51. The van der Waals surface area contributed by atoms with E-state index in [2.05, 4.69) is 4.98 Å². The molecule has 0 spiro atoms. The first-order valence-corrected chi connectivity index (χ1v) is 6.83. The van der Waals surface area contributed by atoms with E-state index in [1.54, 1.807) is 20.8 Å². The first kappa shape index (κ1) is 17.6. The van der Waals surface area contributed by atoms with E-state index in [0.717, 1.165) is 6.20 Å². The van der Waals surface area contributed by atoms with Crippen molar-refractivity contribution in [2.24, 2.45) is 0 Å². The maximum absolute atomic E-state index is 11.5. The number of aromatic nitrogens is 2. The van der Waals surface area contributed by atoms with Crippen LogP contribution in [0.2, 0.25) is 0 Å². The number of imidazole rings is 1. The van der Waals surface area contributed by atoms with Gasteiger partial charge in [0, 0.05) is 6.92 Å². The van der Waals surface area contributed by atoms with E-state index in [9.17, 15) is 19.7 Å². The number of aryl methyl sites for hydroxylation is 1. The van der Waals surface area contributed by atoms with Crippen LogP contribution in [0, 0.1) is 17.0 Å². The van der Waals surface area contributed by atoms with Gasteiger partial charge in [0.1, 0.15) is 19.3 Å². The Morgan fingerprint density at radius 2 is 2.00 bits per heavy atom. The molecule has 0 saturated heterocycles. The van der Waals surface area contributed by atoms with Crippen molar-refractivity contribution in [2.45, 2.75) is 46.3 Å². The number of hydrogen-bond donors (Lipinski definition) is 0. The van der Waals surface area contributed by atoms with Gasteiger partial charge in [-0.05, 0) is 18.8 Å². The lowest BCUT2D eigenvalue weighted by Crippen LogP contribution is -2.16. The van der Waals surface area contributed by atoms with Gasteiger partial charge in [-0.2, -0.15) is 0 Å². The van der Waals surface area contributed by atoms with Gasteiger partial charge in [-0.1, -0.05) is 0 Å². The summed E-state index contributed by atoms with van der Waals surface area (Å²) in [5, 5.41) is 10.8. The van der Waals surface area contributed by atoms with Gasteiger partial charge in [0.25, 0.3) is 0 Å². The number of nitro groups is 1. The van der Waals surface area contributed by atoms with Crippen LogP contribution in [0.15, 0.2) is 6.20 Å². The van der Waals surface area contributed by atoms with Crippen LogP contribution in [0.5, 0.6) is 0 Å². The maximum atomic E-state index is 11.5. The molecule has 1 aromatic rings. The predicted octanol–water partition coefficient (Wildman–Crippen LogP) is 1.37. The lowest BCUT2D eigenvalue weighted by molar-refractivity contribution is -0.392. The Morgan fingerprint density at radius 1 is 1.36 bits per heavy atom. The highest BCUT2D eigenvalue weighted by Gasteiger charge is 2.17. The van der Waals surface area contributed by atoms with Crippen LogP contribution in [0.4, 0.5) is 5.82 Å². The van der Waals surface area contributed by atoms with Crippen LogP contribution >= 0.6 is 0 Å². The summed E-state index contributed by atoms with van der Waals surface area (Å²) in [5.74, 6) is -0.716. The molecule has 0 radical (unpaired) electrons. The van der Waals surface area contributed by atoms with Crippen molar-refractivity contribution in [1.29, 1.82) is 0 Å². The maximum Gasteiger partial charge on any atom is 0.342 e. The Labute approximate surface area is 127 Å². The predicted molar refractivity (Wildman–Crippen MR) is 75.0 cm³/mol. The van der Waals surface area contributed by atoms with Crippen molar-refractivity contribution in [2.75, 3.05) is 6.61 Å². The first-order valence-electron chi connectivity index (χ1n) is 6.83. The summed E-state index contributed by atoms with van der Waals surface area (Å²) in [6.45, 7) is 5.16. The van der Waals surface area contributed by atoms with Crippen LogP contribution in [0.25, 0.3) is 0 Å². The molecule has 0 unspecified atom stereocenters. The number of carbonyl (C=O) groups is 2. The summed E-state index contributed by atoms with van der Waals surface area (Å²) in [5.41, 5.74) is 0. The second kappa shape index (κ2) is 8.11. The zero-order valence-electron chi connectivity index (χ0n) is 12.8. The first-order chi connectivity index (χ1) is 10.3. The molecule has 1 rings (SSSR count). The SMILES string of the molecule is Cc1ncc([N+](=O)[O-])n1CCOC(=O)CCC(=O)OC(C)C. The second-order valence-electron chi connectivity index (χ2n) is 4.83. The topological polar surface area (TPSA) is 114 Å². The second-order valence-corrected chi connectivity index (χ2v) is 4.83. The minimum Gasteiger partial charge on any atom is -0.463 e. The number of rotatable bonds is 8. The Balaban J connectivity index is 2.35.